The van der Waals surface area contributed by atoms with Crippen molar-refractivity contribution in [2.75, 3.05) is 26.0 Å². The number of imidazole rings is 1. The molecule has 0 atom stereocenters. The van der Waals surface area contributed by atoms with E-state index >= 15 is 0 Å². The van der Waals surface area contributed by atoms with E-state index in [0.717, 1.165) is 24.2 Å². The van der Waals surface area contributed by atoms with Crippen molar-refractivity contribution < 1.29 is 13.9 Å². The maximum Gasteiger partial charge on any atom is 0.257 e. The lowest BCUT2D eigenvalue weighted by Crippen LogP contribution is -2.19. The molecule has 0 spiro atoms. The maximum atomic E-state index is 14.7. The van der Waals surface area contributed by atoms with Gasteiger partial charge in [-0.25, -0.2) is 9.37 Å². The number of methoxy groups -OCH3 is 1. The predicted octanol–water partition coefficient (Wildman–Crippen LogP) is 6.56. The molecule has 0 saturated carbocycles. The average Bonchev–Trinajstić information content (AvgIpc) is 3.33. The van der Waals surface area contributed by atoms with E-state index in [2.05, 4.69) is 29.2 Å². The second kappa shape index (κ2) is 12.3. The van der Waals surface area contributed by atoms with E-state index in [9.17, 15) is 9.18 Å². The van der Waals surface area contributed by atoms with Gasteiger partial charge in [-0.2, -0.15) is 0 Å². The third-order valence-corrected chi connectivity index (χ3v) is 6.22. The topological polar surface area (TPSA) is 59.4 Å². The zero-order valence-corrected chi connectivity index (χ0v) is 21.6. The number of nitrogens with zero attached hydrogens (tertiary/aromatic N) is 3. The molecule has 0 saturated heterocycles. The molecule has 1 heterocycles. The van der Waals surface area contributed by atoms with Crippen LogP contribution in [-0.2, 0) is 6.54 Å². The van der Waals surface area contributed by atoms with Crippen LogP contribution in [0, 0.1) is 5.82 Å². The normalized spacial score (nSPS) is 11.1. The van der Waals surface area contributed by atoms with Crippen LogP contribution in [0.1, 0.15) is 42.1 Å². The lowest BCUT2D eigenvalue weighted by atomic mass is 10.1. The highest BCUT2D eigenvalue weighted by molar-refractivity contribution is 6.03. The first-order valence-corrected chi connectivity index (χ1v) is 12.6. The minimum Gasteiger partial charge on any atom is -0.497 e. The van der Waals surface area contributed by atoms with Gasteiger partial charge in [0.2, 0.25) is 5.95 Å². The molecule has 0 unspecified atom stereocenters. The van der Waals surface area contributed by atoms with Crippen LogP contribution in [-0.4, -0.2) is 41.1 Å². The summed E-state index contributed by atoms with van der Waals surface area (Å²) in [6.45, 7) is 4.07. The number of para-hydroxylation sites is 1. The van der Waals surface area contributed by atoms with Gasteiger partial charge >= 0.3 is 0 Å². The van der Waals surface area contributed by atoms with E-state index in [0.29, 0.717) is 22.7 Å². The van der Waals surface area contributed by atoms with Crippen molar-refractivity contribution >= 4 is 11.9 Å². The number of aromatic nitrogens is 2. The van der Waals surface area contributed by atoms with E-state index in [1.165, 1.54) is 25.3 Å². The molecular formula is C30H33FN4O2. The van der Waals surface area contributed by atoms with E-state index in [1.54, 1.807) is 36.1 Å². The predicted molar refractivity (Wildman–Crippen MR) is 146 cm³/mol. The van der Waals surface area contributed by atoms with E-state index < -0.39 is 5.82 Å². The SMILES string of the molecule is CCCCCN(C)Cc1ccc(C(=O)Nc2nc(-c3cccc(OC)c3)cn2-c2ccccc2F)cc1. The van der Waals surface area contributed by atoms with Gasteiger partial charge in [0.15, 0.2) is 0 Å². The number of carbonyl (C=O) groups excluding carboxylic acids is 1. The first-order valence-electron chi connectivity index (χ1n) is 12.6. The van der Waals surface area contributed by atoms with Crippen molar-refractivity contribution in [1.29, 1.82) is 0 Å². The molecule has 37 heavy (non-hydrogen) atoms. The van der Waals surface area contributed by atoms with Crippen molar-refractivity contribution in [2.24, 2.45) is 0 Å². The molecule has 1 aromatic heterocycles. The fraction of sp³-hybridized carbons (Fsp3) is 0.267. The van der Waals surface area contributed by atoms with Crippen molar-refractivity contribution in [3.63, 3.8) is 0 Å². The first-order chi connectivity index (χ1) is 18.0. The van der Waals surface area contributed by atoms with Gasteiger partial charge in [-0.1, -0.05) is 56.2 Å². The maximum absolute atomic E-state index is 14.7. The lowest BCUT2D eigenvalue weighted by Gasteiger charge is -2.16. The van der Waals surface area contributed by atoms with Crippen molar-refractivity contribution in [1.82, 2.24) is 14.5 Å². The number of halogens is 1. The molecule has 0 radical (unpaired) electrons. The van der Waals surface area contributed by atoms with Crippen molar-refractivity contribution in [3.05, 3.63) is 95.9 Å². The second-order valence-electron chi connectivity index (χ2n) is 9.10. The Morgan fingerprint density at radius 2 is 1.84 bits per heavy atom. The molecule has 4 aromatic rings. The summed E-state index contributed by atoms with van der Waals surface area (Å²) < 4.78 is 21.6. The Bertz CT molecular complexity index is 1330. The molecule has 0 aliphatic heterocycles. The van der Waals surface area contributed by atoms with Crippen LogP contribution in [0.15, 0.2) is 79.0 Å². The Balaban J connectivity index is 1.56. The summed E-state index contributed by atoms with van der Waals surface area (Å²) in [6.07, 6.45) is 5.32. The first kappa shape index (κ1) is 26.1. The van der Waals surface area contributed by atoms with Crippen LogP contribution in [0.25, 0.3) is 16.9 Å². The molecular weight excluding hydrogens is 467 g/mol. The molecule has 0 aliphatic carbocycles. The summed E-state index contributed by atoms with van der Waals surface area (Å²) in [4.78, 5) is 20.1. The molecule has 1 amide bonds. The Hall–Kier alpha value is -3.97. The van der Waals surface area contributed by atoms with Crippen LogP contribution >= 0.6 is 0 Å². The number of unbranched alkanes of at least 4 members (excludes halogenated alkanes) is 2. The second-order valence-corrected chi connectivity index (χ2v) is 9.10. The van der Waals surface area contributed by atoms with Gasteiger partial charge in [0.1, 0.15) is 11.6 Å². The van der Waals surface area contributed by atoms with E-state index in [-0.39, 0.29) is 11.9 Å². The number of hydrogen-bond donors (Lipinski definition) is 1. The van der Waals surface area contributed by atoms with Crippen molar-refractivity contribution in [2.45, 2.75) is 32.7 Å². The summed E-state index contributed by atoms with van der Waals surface area (Å²) in [5, 5.41) is 2.87. The van der Waals surface area contributed by atoms with Crippen LogP contribution in [0.5, 0.6) is 5.75 Å². The molecule has 6 nitrogen and oxygen atoms in total. The van der Waals surface area contributed by atoms with Crippen LogP contribution in [0.4, 0.5) is 10.3 Å². The monoisotopic (exact) mass is 500 g/mol. The molecule has 4 rings (SSSR count). The molecule has 3 aromatic carbocycles. The van der Waals surface area contributed by atoms with Gasteiger partial charge < -0.3 is 9.64 Å². The number of carbonyl (C=O) groups is 1. The Kier molecular flexibility index (Phi) is 8.69. The zero-order chi connectivity index (χ0) is 26.2. The van der Waals surface area contributed by atoms with E-state index in [1.807, 2.05) is 48.5 Å². The third-order valence-electron chi connectivity index (χ3n) is 6.22. The van der Waals surface area contributed by atoms with Gasteiger partial charge in [0.25, 0.3) is 5.91 Å². The molecule has 0 aliphatic rings. The summed E-state index contributed by atoms with van der Waals surface area (Å²) in [5.74, 6) is 0.176. The van der Waals surface area contributed by atoms with Gasteiger partial charge in [-0.05, 0) is 62.0 Å². The highest BCUT2D eigenvalue weighted by Gasteiger charge is 2.17. The standard InChI is InChI=1S/C30H33FN4O2/c1-4-5-8-18-34(2)20-22-14-16-23(17-15-22)29(36)33-30-32-27(24-10-9-11-25(19-24)37-3)21-35(30)28-13-7-6-12-26(28)31/h6-7,9-17,19,21H,4-5,8,18,20H2,1-3H3,(H,32,33,36). The number of anilines is 1. The fourth-order valence-electron chi connectivity index (χ4n) is 4.18. The zero-order valence-electron chi connectivity index (χ0n) is 21.6. The quantitative estimate of drug-likeness (QED) is 0.237. The van der Waals surface area contributed by atoms with Gasteiger partial charge in [-0.3, -0.25) is 14.7 Å². The minimum absolute atomic E-state index is 0.229. The summed E-state index contributed by atoms with van der Waals surface area (Å²) in [7, 11) is 3.71. The summed E-state index contributed by atoms with van der Waals surface area (Å²) >= 11 is 0. The van der Waals surface area contributed by atoms with Gasteiger partial charge in [-0.15, -0.1) is 0 Å². The number of benzene rings is 3. The fourth-order valence-corrected chi connectivity index (χ4v) is 4.18. The lowest BCUT2D eigenvalue weighted by molar-refractivity contribution is 0.102. The van der Waals surface area contributed by atoms with Gasteiger partial charge in [0.05, 0.1) is 18.5 Å². The molecule has 192 valence electrons. The minimum atomic E-state index is -0.417. The molecule has 1 N–H and O–H groups in total. The largest absolute Gasteiger partial charge is 0.497 e. The van der Waals surface area contributed by atoms with Crippen LogP contribution < -0.4 is 10.1 Å². The Morgan fingerprint density at radius 1 is 1.05 bits per heavy atom. The summed E-state index contributed by atoms with van der Waals surface area (Å²) in [5.41, 5.74) is 3.31. The van der Waals surface area contributed by atoms with Crippen LogP contribution in [0.3, 0.4) is 0 Å². The van der Waals surface area contributed by atoms with Crippen molar-refractivity contribution in [3.8, 4) is 22.7 Å². The highest BCUT2D eigenvalue weighted by Crippen LogP contribution is 2.28. The Morgan fingerprint density at radius 3 is 2.57 bits per heavy atom. The number of rotatable bonds is 11. The molecule has 7 heteroatoms. The number of hydrogen-bond acceptors (Lipinski definition) is 4. The third kappa shape index (κ3) is 6.62. The Labute approximate surface area is 217 Å². The van der Waals surface area contributed by atoms with Gasteiger partial charge in [0, 0.05) is 23.9 Å². The number of amides is 1. The average molecular weight is 501 g/mol. The number of nitrogens with one attached hydrogen (secondary N) is 1. The van der Waals surface area contributed by atoms with E-state index in [4.69, 9.17) is 4.74 Å². The smallest absolute Gasteiger partial charge is 0.257 e. The summed E-state index contributed by atoms with van der Waals surface area (Å²) in [6, 6.07) is 21.4. The number of ether oxygens (including phenoxy) is 1. The molecule has 0 fully saturated rings. The molecule has 0 bridgehead atoms. The highest BCUT2D eigenvalue weighted by atomic mass is 19.1. The van der Waals surface area contributed by atoms with Crippen LogP contribution in [0.2, 0.25) is 0 Å².